The first-order valence-electron chi connectivity index (χ1n) is 16.4. The van der Waals surface area contributed by atoms with Gasteiger partial charge in [0.05, 0.1) is 51.2 Å². The largest absolute Gasteiger partial charge is 0.465 e. The first-order valence-corrected chi connectivity index (χ1v) is 16.4. The summed E-state index contributed by atoms with van der Waals surface area (Å²) in [7, 11) is 5.05. The van der Waals surface area contributed by atoms with E-state index in [1.807, 2.05) is 130 Å². The molecule has 0 aliphatic heterocycles. The van der Waals surface area contributed by atoms with Crippen molar-refractivity contribution in [1.29, 1.82) is 0 Å². The molecule has 0 saturated heterocycles. The van der Waals surface area contributed by atoms with Crippen molar-refractivity contribution in [2.24, 2.45) is 0 Å². The molecule has 0 aliphatic carbocycles. The van der Waals surface area contributed by atoms with Crippen molar-refractivity contribution in [3.63, 3.8) is 0 Å². The predicted octanol–water partition coefficient (Wildman–Crippen LogP) is 7.80. The maximum absolute atomic E-state index is 13.7. The van der Waals surface area contributed by atoms with Gasteiger partial charge in [-0.2, -0.15) is 0 Å². The van der Waals surface area contributed by atoms with E-state index in [1.54, 1.807) is 0 Å². The number of nitrogens with zero attached hydrogens (tertiary/aromatic N) is 2. The quantitative estimate of drug-likeness (QED) is 0.0996. The third-order valence-corrected chi connectivity index (χ3v) is 8.82. The van der Waals surface area contributed by atoms with Gasteiger partial charge in [-0.15, -0.1) is 0 Å². The van der Waals surface area contributed by atoms with Crippen LogP contribution in [0.1, 0.15) is 41.4 Å². The fraction of sp³-hybridized carbons (Fsp3) is 0.143. The number of rotatable bonds is 11. The third kappa shape index (κ3) is 6.37. The second-order valence-corrected chi connectivity index (χ2v) is 11.6. The van der Waals surface area contributed by atoms with E-state index in [9.17, 15) is 19.2 Å². The number of aromatic nitrogens is 2. The molecule has 2 heterocycles. The fourth-order valence-corrected chi connectivity index (χ4v) is 6.67. The molecular weight excluding hydrogens is 660 g/mol. The summed E-state index contributed by atoms with van der Waals surface area (Å²) >= 11 is 0. The summed E-state index contributed by atoms with van der Waals surface area (Å²) in [6, 6.07) is 36.9. The van der Waals surface area contributed by atoms with Gasteiger partial charge >= 0.3 is 23.9 Å². The topological polar surface area (TPSA) is 115 Å². The highest BCUT2D eigenvalue weighted by atomic mass is 16.5. The van der Waals surface area contributed by atoms with Gasteiger partial charge in [-0.1, -0.05) is 121 Å². The summed E-state index contributed by atoms with van der Waals surface area (Å²) < 4.78 is 24.9. The highest BCUT2D eigenvalue weighted by Crippen LogP contribution is 2.41. The van der Waals surface area contributed by atoms with Crippen molar-refractivity contribution in [2.45, 2.75) is 13.1 Å². The summed E-state index contributed by atoms with van der Waals surface area (Å²) in [5.41, 5.74) is 4.52. The second-order valence-electron chi connectivity index (χ2n) is 11.6. The molecule has 52 heavy (non-hydrogen) atoms. The molecule has 6 aromatic rings. The number of ether oxygens (including phenoxy) is 4. The molecule has 6 rings (SSSR count). The maximum atomic E-state index is 13.7. The van der Waals surface area contributed by atoms with Crippen LogP contribution in [0.15, 0.2) is 121 Å². The Kier molecular flexibility index (Phi) is 10.5. The molecule has 0 fully saturated rings. The first-order chi connectivity index (χ1) is 25.4. The fourth-order valence-electron chi connectivity index (χ4n) is 6.67. The van der Waals surface area contributed by atoms with E-state index in [4.69, 9.17) is 18.9 Å². The number of carbonyl (C=O) groups excluding carboxylic acids is 4. The third-order valence-electron chi connectivity index (χ3n) is 8.82. The van der Waals surface area contributed by atoms with Gasteiger partial charge in [-0.25, -0.2) is 19.2 Å². The lowest BCUT2D eigenvalue weighted by molar-refractivity contribution is 0.0558. The Balaban J connectivity index is 1.72. The Morgan fingerprint density at radius 3 is 0.731 bits per heavy atom. The number of hydrogen-bond donors (Lipinski definition) is 0. The smallest absolute Gasteiger partial charge is 0.340 e. The van der Waals surface area contributed by atoms with Crippen LogP contribution in [0.4, 0.5) is 0 Å². The molecular formula is C42H36N2O8. The highest BCUT2D eigenvalue weighted by Gasteiger charge is 2.36. The maximum Gasteiger partial charge on any atom is 0.340 e. The zero-order valence-corrected chi connectivity index (χ0v) is 29.1. The van der Waals surface area contributed by atoms with Gasteiger partial charge in [0.1, 0.15) is 22.3 Å². The molecule has 0 spiro atoms. The Bertz CT molecular complexity index is 1920. The van der Waals surface area contributed by atoms with Gasteiger partial charge in [0.2, 0.25) is 0 Å². The van der Waals surface area contributed by atoms with E-state index in [0.717, 1.165) is 0 Å². The molecule has 0 saturated carbocycles. The molecule has 0 N–H and O–H groups in total. The van der Waals surface area contributed by atoms with Crippen LogP contribution in [-0.2, 0) is 32.0 Å². The van der Waals surface area contributed by atoms with E-state index < -0.39 is 23.9 Å². The van der Waals surface area contributed by atoms with Crippen molar-refractivity contribution >= 4 is 23.9 Å². The monoisotopic (exact) mass is 696 g/mol. The van der Waals surface area contributed by atoms with E-state index in [1.165, 1.54) is 28.4 Å². The molecule has 2 aromatic heterocycles. The number of methoxy groups -OCH3 is 4. The Labute approximate surface area is 300 Å². The summed E-state index contributed by atoms with van der Waals surface area (Å²) in [5, 5.41) is 0. The molecule has 10 nitrogen and oxygen atoms in total. The van der Waals surface area contributed by atoms with Gasteiger partial charge < -0.3 is 28.1 Å². The molecule has 0 unspecified atom stereocenters. The minimum atomic E-state index is -0.716. The minimum Gasteiger partial charge on any atom is -0.465 e. The normalized spacial score (nSPS) is 10.8. The lowest BCUT2D eigenvalue weighted by Crippen LogP contribution is -2.13. The van der Waals surface area contributed by atoms with Crippen LogP contribution in [0, 0.1) is 0 Å². The van der Waals surface area contributed by atoms with E-state index in [0.29, 0.717) is 45.0 Å². The van der Waals surface area contributed by atoms with Crippen molar-refractivity contribution in [1.82, 2.24) is 9.13 Å². The predicted molar refractivity (Wildman–Crippen MR) is 196 cm³/mol. The van der Waals surface area contributed by atoms with Crippen molar-refractivity contribution < 1.29 is 38.1 Å². The number of hydrogen-bond acceptors (Lipinski definition) is 8. The number of benzene rings is 4. The zero-order chi connectivity index (χ0) is 36.8. The van der Waals surface area contributed by atoms with E-state index in [2.05, 4.69) is 0 Å². The Morgan fingerprint density at radius 2 is 0.558 bits per heavy atom. The van der Waals surface area contributed by atoms with Crippen molar-refractivity contribution in [2.75, 3.05) is 28.4 Å². The highest BCUT2D eigenvalue weighted by molar-refractivity contribution is 6.13. The van der Waals surface area contributed by atoms with Gasteiger partial charge in [0.25, 0.3) is 0 Å². The van der Waals surface area contributed by atoms with Crippen LogP contribution in [0.5, 0.6) is 0 Å². The number of esters is 4. The zero-order valence-electron chi connectivity index (χ0n) is 29.1. The molecule has 0 amide bonds. The Morgan fingerprint density at radius 1 is 0.365 bits per heavy atom. The van der Waals surface area contributed by atoms with Gasteiger partial charge in [-0.05, 0) is 22.3 Å². The van der Waals surface area contributed by atoms with Crippen LogP contribution in [0.25, 0.3) is 45.0 Å². The second kappa shape index (κ2) is 15.5. The van der Waals surface area contributed by atoms with Crippen LogP contribution >= 0.6 is 0 Å². The molecule has 0 bridgehead atoms. The van der Waals surface area contributed by atoms with Crippen LogP contribution in [0.3, 0.4) is 0 Å². The van der Waals surface area contributed by atoms with Crippen molar-refractivity contribution in [3.8, 4) is 45.0 Å². The molecule has 0 radical (unpaired) electrons. The lowest BCUT2D eigenvalue weighted by Gasteiger charge is -2.19. The summed E-state index contributed by atoms with van der Waals surface area (Å²) in [5.74, 6) is -2.86. The minimum absolute atomic E-state index is 0.0453. The summed E-state index contributed by atoms with van der Waals surface area (Å²) in [6.07, 6.45) is 0. The standard InChI is InChI=1S/C42H36N2O8/c1-49-39(45)31-32(40(46)50-2)36(28-19-11-6-12-20-28)43(35(31)27-17-9-5-10-18-27)25-26-44-37(29-21-13-7-14-22-29)33(41(47)51-3)34(42(48)52-4)38(44)30-23-15-8-16-24-30/h5-24H,25-26H2,1-4H3. The van der Waals surface area contributed by atoms with Crippen LogP contribution < -0.4 is 0 Å². The average molecular weight is 697 g/mol. The molecule has 0 aliphatic rings. The van der Waals surface area contributed by atoms with Crippen LogP contribution in [0.2, 0.25) is 0 Å². The SMILES string of the molecule is COC(=O)c1c(C(=O)OC)c(-c2ccccc2)n(CCn2c(-c3ccccc3)c(C(=O)OC)c(C(=O)OC)c2-c2ccccc2)c1-c1ccccc1. The molecule has 262 valence electrons. The van der Waals surface area contributed by atoms with Gasteiger partial charge in [0.15, 0.2) is 0 Å². The van der Waals surface area contributed by atoms with Crippen molar-refractivity contribution in [3.05, 3.63) is 144 Å². The lowest BCUT2D eigenvalue weighted by atomic mass is 10.0. The van der Waals surface area contributed by atoms with Gasteiger partial charge in [0, 0.05) is 13.1 Å². The molecule has 4 aromatic carbocycles. The summed E-state index contributed by atoms with van der Waals surface area (Å²) in [6.45, 7) is 0.288. The van der Waals surface area contributed by atoms with E-state index in [-0.39, 0.29) is 35.3 Å². The number of carbonyl (C=O) groups is 4. The summed E-state index contributed by atoms with van der Waals surface area (Å²) in [4.78, 5) is 54.8. The van der Waals surface area contributed by atoms with E-state index >= 15 is 0 Å². The van der Waals surface area contributed by atoms with Crippen LogP contribution in [-0.4, -0.2) is 61.5 Å². The average Bonchev–Trinajstić information content (AvgIpc) is 3.73. The van der Waals surface area contributed by atoms with Gasteiger partial charge in [-0.3, -0.25) is 0 Å². The molecule has 10 heteroatoms. The molecule has 0 atom stereocenters. The first kappa shape index (κ1) is 35.2. The Hall–Kier alpha value is -6.68.